The van der Waals surface area contributed by atoms with Gasteiger partial charge in [0.25, 0.3) is 10.0 Å². The van der Waals surface area contributed by atoms with E-state index >= 15 is 0 Å². The summed E-state index contributed by atoms with van der Waals surface area (Å²) in [5.41, 5.74) is 3.51. The summed E-state index contributed by atoms with van der Waals surface area (Å²) in [7, 11) is -1.76. The molecule has 8 heteroatoms. The Balaban J connectivity index is 1.68. The van der Waals surface area contributed by atoms with E-state index in [1.54, 1.807) is 30.3 Å². The highest BCUT2D eigenvalue weighted by Gasteiger charge is 2.27. The molecule has 1 heterocycles. The number of anilines is 1. The van der Waals surface area contributed by atoms with Gasteiger partial charge in [-0.3, -0.25) is 9.10 Å². The molecule has 0 aromatic heterocycles. The minimum absolute atomic E-state index is 0.175. The molecule has 33 heavy (non-hydrogen) atoms. The van der Waals surface area contributed by atoms with E-state index in [1.165, 1.54) is 4.31 Å². The number of rotatable bonds is 9. The van der Waals surface area contributed by atoms with Crippen LogP contribution < -0.4 is 9.62 Å². The van der Waals surface area contributed by atoms with Crippen LogP contribution in [0.25, 0.3) is 0 Å². The smallest absolute Gasteiger partial charge is 0.264 e. The monoisotopic (exact) mass is 472 g/mol. The highest BCUT2D eigenvalue weighted by molar-refractivity contribution is 7.92. The van der Waals surface area contributed by atoms with Gasteiger partial charge in [0, 0.05) is 32.7 Å². The highest BCUT2D eigenvalue weighted by Crippen LogP contribution is 2.26. The lowest BCUT2D eigenvalue weighted by atomic mass is 10.1. The first-order valence-electron chi connectivity index (χ1n) is 11.5. The lowest BCUT2D eigenvalue weighted by Crippen LogP contribution is -2.45. The van der Waals surface area contributed by atoms with Crippen LogP contribution in [0.15, 0.2) is 47.4 Å². The Morgan fingerprint density at radius 3 is 2.27 bits per heavy atom. The number of aryl methyl sites for hydroxylation is 3. The number of carbonyl (C=O) groups excluding carboxylic acids is 1. The van der Waals surface area contributed by atoms with E-state index in [4.69, 9.17) is 0 Å². The second kappa shape index (κ2) is 11.1. The number of likely N-dealkylation sites (N-methyl/N-ethyl adjacent to an activating group) is 1. The number of hydrogen-bond donors (Lipinski definition) is 1. The molecule has 1 saturated heterocycles. The van der Waals surface area contributed by atoms with Crippen molar-refractivity contribution in [1.29, 1.82) is 0 Å². The maximum Gasteiger partial charge on any atom is 0.264 e. The zero-order valence-electron chi connectivity index (χ0n) is 20.2. The van der Waals surface area contributed by atoms with Crippen LogP contribution in [-0.4, -0.2) is 77.0 Å². The topological polar surface area (TPSA) is 73.0 Å². The van der Waals surface area contributed by atoms with Crippen molar-refractivity contribution in [2.45, 2.75) is 32.1 Å². The standard InChI is InChI=1S/C25H36N4O3S/c1-20-6-10-24(11-7-20)33(31,32)29(23-9-8-21(2)22(3)18-23)19-25(30)26-12-5-13-28-16-14-27(4)15-17-28/h6-11,18H,5,12-17,19H2,1-4H3,(H,26,30). The van der Waals surface area contributed by atoms with Crippen molar-refractivity contribution >= 4 is 21.6 Å². The number of nitrogens with zero attached hydrogens (tertiary/aromatic N) is 3. The van der Waals surface area contributed by atoms with Gasteiger partial charge in [0.1, 0.15) is 6.54 Å². The maximum atomic E-state index is 13.5. The normalized spacial score (nSPS) is 15.4. The first kappa shape index (κ1) is 25.2. The largest absolute Gasteiger partial charge is 0.354 e. The zero-order valence-corrected chi connectivity index (χ0v) is 21.0. The van der Waals surface area contributed by atoms with Crippen LogP contribution in [0.1, 0.15) is 23.1 Å². The molecule has 0 radical (unpaired) electrons. The molecule has 2 aromatic rings. The molecule has 180 valence electrons. The number of benzene rings is 2. The number of sulfonamides is 1. The predicted molar refractivity (Wildman–Crippen MR) is 133 cm³/mol. The van der Waals surface area contributed by atoms with Crippen molar-refractivity contribution < 1.29 is 13.2 Å². The van der Waals surface area contributed by atoms with Crippen molar-refractivity contribution in [2.75, 3.05) is 57.2 Å². The zero-order chi connectivity index (χ0) is 24.0. The van der Waals surface area contributed by atoms with Gasteiger partial charge in [0.2, 0.25) is 5.91 Å². The molecular weight excluding hydrogens is 436 g/mol. The maximum absolute atomic E-state index is 13.5. The molecule has 1 fully saturated rings. The molecule has 0 saturated carbocycles. The third-order valence-electron chi connectivity index (χ3n) is 6.24. The Bertz CT molecular complexity index is 1050. The summed E-state index contributed by atoms with van der Waals surface area (Å²) in [5, 5.41) is 2.91. The van der Waals surface area contributed by atoms with Crippen LogP contribution >= 0.6 is 0 Å². The highest BCUT2D eigenvalue weighted by atomic mass is 32.2. The molecule has 0 bridgehead atoms. The van der Waals surface area contributed by atoms with E-state index in [-0.39, 0.29) is 17.3 Å². The SMILES string of the molecule is Cc1ccc(S(=O)(=O)N(CC(=O)NCCCN2CCN(C)CC2)c2ccc(C)c(C)c2)cc1. The lowest BCUT2D eigenvalue weighted by Gasteiger charge is -2.32. The molecule has 1 aliphatic heterocycles. The fourth-order valence-corrected chi connectivity index (χ4v) is 5.23. The van der Waals surface area contributed by atoms with Gasteiger partial charge in [-0.15, -0.1) is 0 Å². The van der Waals surface area contributed by atoms with E-state index in [1.807, 2.05) is 32.9 Å². The summed E-state index contributed by atoms with van der Waals surface area (Å²) in [5.74, 6) is -0.303. The van der Waals surface area contributed by atoms with Crippen molar-refractivity contribution in [1.82, 2.24) is 15.1 Å². The van der Waals surface area contributed by atoms with Crippen LogP contribution in [0.4, 0.5) is 5.69 Å². The molecular formula is C25H36N4O3S. The van der Waals surface area contributed by atoms with Crippen molar-refractivity contribution in [2.24, 2.45) is 0 Å². The van der Waals surface area contributed by atoms with Gasteiger partial charge in [0.15, 0.2) is 0 Å². The van der Waals surface area contributed by atoms with Crippen LogP contribution in [0, 0.1) is 20.8 Å². The Labute approximate surface area is 198 Å². The van der Waals surface area contributed by atoms with Crippen molar-refractivity contribution in [3.8, 4) is 0 Å². The lowest BCUT2D eigenvalue weighted by molar-refractivity contribution is -0.119. The van der Waals surface area contributed by atoms with Gasteiger partial charge in [-0.2, -0.15) is 0 Å². The molecule has 0 aliphatic carbocycles. The average Bonchev–Trinajstić information content (AvgIpc) is 2.78. The number of nitrogens with one attached hydrogen (secondary N) is 1. The van der Waals surface area contributed by atoms with Crippen molar-refractivity contribution in [3.63, 3.8) is 0 Å². The molecule has 7 nitrogen and oxygen atoms in total. The average molecular weight is 473 g/mol. The molecule has 0 atom stereocenters. The van der Waals surface area contributed by atoms with Gasteiger partial charge in [-0.1, -0.05) is 23.8 Å². The van der Waals surface area contributed by atoms with Crippen LogP contribution in [0.3, 0.4) is 0 Å². The summed E-state index contributed by atoms with van der Waals surface area (Å²) in [6, 6.07) is 12.2. The van der Waals surface area contributed by atoms with Gasteiger partial charge >= 0.3 is 0 Å². The first-order chi connectivity index (χ1) is 15.7. The van der Waals surface area contributed by atoms with Crippen LogP contribution in [0.2, 0.25) is 0 Å². The summed E-state index contributed by atoms with van der Waals surface area (Å²) in [6.45, 7) is 11.2. The first-order valence-corrected chi connectivity index (χ1v) is 12.9. The van der Waals surface area contributed by atoms with Gasteiger partial charge in [-0.25, -0.2) is 8.42 Å². The predicted octanol–water partition coefficient (Wildman–Crippen LogP) is 2.56. The third kappa shape index (κ3) is 6.79. The third-order valence-corrected chi connectivity index (χ3v) is 8.03. The fraction of sp³-hybridized carbons (Fsp3) is 0.480. The molecule has 0 unspecified atom stereocenters. The van der Waals surface area contributed by atoms with Gasteiger partial charge in [-0.05, 0) is 76.2 Å². The van der Waals surface area contributed by atoms with E-state index in [9.17, 15) is 13.2 Å². The Hall–Kier alpha value is -2.42. The fourth-order valence-electron chi connectivity index (χ4n) is 3.82. The molecule has 1 amide bonds. The summed E-state index contributed by atoms with van der Waals surface area (Å²) in [4.78, 5) is 17.7. The van der Waals surface area contributed by atoms with Gasteiger partial charge in [0.05, 0.1) is 10.6 Å². The summed E-state index contributed by atoms with van der Waals surface area (Å²) < 4.78 is 28.2. The number of piperazine rings is 1. The number of carbonyl (C=O) groups is 1. The minimum atomic E-state index is -3.89. The second-order valence-electron chi connectivity index (χ2n) is 8.94. The molecule has 1 aliphatic rings. The summed E-state index contributed by atoms with van der Waals surface area (Å²) in [6.07, 6.45) is 0.837. The molecule has 3 rings (SSSR count). The number of amides is 1. The van der Waals surface area contributed by atoms with E-state index in [0.29, 0.717) is 12.2 Å². The molecule has 2 aromatic carbocycles. The van der Waals surface area contributed by atoms with Gasteiger partial charge < -0.3 is 15.1 Å². The quantitative estimate of drug-likeness (QED) is 0.568. The van der Waals surface area contributed by atoms with E-state index in [2.05, 4.69) is 22.2 Å². The Morgan fingerprint density at radius 2 is 1.64 bits per heavy atom. The second-order valence-corrected chi connectivity index (χ2v) is 10.8. The molecule has 1 N–H and O–H groups in total. The summed E-state index contributed by atoms with van der Waals surface area (Å²) >= 11 is 0. The Kier molecular flexibility index (Phi) is 8.51. The van der Waals surface area contributed by atoms with Crippen LogP contribution in [-0.2, 0) is 14.8 Å². The number of hydrogen-bond acceptors (Lipinski definition) is 5. The van der Waals surface area contributed by atoms with Crippen molar-refractivity contribution in [3.05, 3.63) is 59.2 Å². The van der Waals surface area contributed by atoms with Crippen LogP contribution in [0.5, 0.6) is 0 Å². The molecule has 0 spiro atoms. The van der Waals surface area contributed by atoms with E-state index in [0.717, 1.165) is 55.8 Å². The Morgan fingerprint density at radius 1 is 0.970 bits per heavy atom. The minimum Gasteiger partial charge on any atom is -0.354 e. The van der Waals surface area contributed by atoms with E-state index < -0.39 is 10.0 Å².